The van der Waals surface area contributed by atoms with E-state index in [1.165, 1.54) is 5.56 Å². The molecule has 2 atom stereocenters. The molecular formula is C16H24BrNO. The van der Waals surface area contributed by atoms with Crippen molar-refractivity contribution in [3.63, 3.8) is 0 Å². The number of halogens is 1. The predicted molar refractivity (Wildman–Crippen MR) is 83.0 cm³/mol. The molecule has 2 unspecified atom stereocenters. The van der Waals surface area contributed by atoms with Gasteiger partial charge >= 0.3 is 0 Å². The fraction of sp³-hybridized carbons (Fsp3) is 0.625. The van der Waals surface area contributed by atoms with Gasteiger partial charge in [0.15, 0.2) is 0 Å². The lowest BCUT2D eigenvalue weighted by molar-refractivity contribution is 0.0348. The number of hydrogen-bond donors (Lipinski definition) is 1. The van der Waals surface area contributed by atoms with Crippen LogP contribution in [0.4, 0.5) is 0 Å². The fourth-order valence-electron chi connectivity index (χ4n) is 3.10. The Morgan fingerprint density at radius 3 is 2.74 bits per heavy atom. The summed E-state index contributed by atoms with van der Waals surface area (Å²) in [7, 11) is 2.14. The predicted octanol–water partition coefficient (Wildman–Crippen LogP) is 3.68. The maximum Gasteiger partial charge on any atom is 0.0631 e. The molecule has 1 fully saturated rings. The number of nitrogens with zero attached hydrogens (tertiary/aromatic N) is 1. The van der Waals surface area contributed by atoms with Crippen LogP contribution in [0, 0.1) is 11.3 Å². The molecule has 3 heteroatoms. The van der Waals surface area contributed by atoms with E-state index in [1.807, 2.05) is 6.07 Å². The largest absolute Gasteiger partial charge is 0.392 e. The minimum atomic E-state index is -0.169. The van der Waals surface area contributed by atoms with E-state index in [0.29, 0.717) is 5.92 Å². The van der Waals surface area contributed by atoms with Crippen LogP contribution in [-0.4, -0.2) is 29.7 Å². The minimum Gasteiger partial charge on any atom is -0.392 e. The van der Waals surface area contributed by atoms with Crippen molar-refractivity contribution in [3.05, 3.63) is 34.3 Å². The molecule has 1 aromatic rings. The lowest BCUT2D eigenvalue weighted by Gasteiger charge is -2.28. The third-order valence-electron chi connectivity index (χ3n) is 4.29. The summed E-state index contributed by atoms with van der Waals surface area (Å²) in [5.74, 6) is 0.409. The van der Waals surface area contributed by atoms with E-state index in [1.54, 1.807) is 0 Å². The van der Waals surface area contributed by atoms with Crippen LogP contribution < -0.4 is 0 Å². The fourth-order valence-corrected chi connectivity index (χ4v) is 3.55. The van der Waals surface area contributed by atoms with Crippen LogP contribution in [0.1, 0.15) is 32.3 Å². The van der Waals surface area contributed by atoms with Gasteiger partial charge in [-0.25, -0.2) is 0 Å². The molecule has 1 aliphatic carbocycles. The molecule has 2 nitrogen and oxygen atoms in total. The van der Waals surface area contributed by atoms with Crippen LogP contribution in [0.5, 0.6) is 0 Å². The van der Waals surface area contributed by atoms with E-state index in [4.69, 9.17) is 0 Å². The minimum absolute atomic E-state index is 0.0846. The SMILES string of the molecule is CN(Cc1cccc(Br)c1)CC1CCC(C)(C)C1O. The standard InChI is InChI=1S/C16H24BrNO/c1-16(2)8-7-13(15(16)19)11-18(3)10-12-5-4-6-14(17)9-12/h4-6,9,13,15,19H,7-8,10-11H2,1-3H3. The van der Waals surface area contributed by atoms with Gasteiger partial charge in [0, 0.05) is 17.6 Å². The van der Waals surface area contributed by atoms with E-state index in [-0.39, 0.29) is 11.5 Å². The molecule has 2 rings (SSSR count). The van der Waals surface area contributed by atoms with Crippen LogP contribution in [0.2, 0.25) is 0 Å². The van der Waals surface area contributed by atoms with Gasteiger partial charge in [0.2, 0.25) is 0 Å². The van der Waals surface area contributed by atoms with Gasteiger partial charge in [0.25, 0.3) is 0 Å². The van der Waals surface area contributed by atoms with Gasteiger partial charge in [-0.3, -0.25) is 0 Å². The molecule has 0 saturated heterocycles. The zero-order chi connectivity index (χ0) is 14.0. The van der Waals surface area contributed by atoms with Crippen LogP contribution in [0.25, 0.3) is 0 Å². The number of rotatable bonds is 4. The Hall–Kier alpha value is -0.380. The average Bonchev–Trinajstić information content (AvgIpc) is 2.56. The molecule has 0 amide bonds. The average molecular weight is 326 g/mol. The molecule has 1 saturated carbocycles. The van der Waals surface area contributed by atoms with Crippen molar-refractivity contribution >= 4 is 15.9 Å². The van der Waals surface area contributed by atoms with Gasteiger partial charge in [-0.1, -0.05) is 41.9 Å². The maximum absolute atomic E-state index is 10.3. The maximum atomic E-state index is 10.3. The highest BCUT2D eigenvalue weighted by Gasteiger charge is 2.40. The van der Waals surface area contributed by atoms with Crippen molar-refractivity contribution in [1.29, 1.82) is 0 Å². The van der Waals surface area contributed by atoms with Gasteiger partial charge in [0.05, 0.1) is 6.10 Å². The summed E-state index contributed by atoms with van der Waals surface area (Å²) in [6.07, 6.45) is 2.10. The molecule has 1 aromatic carbocycles. The Labute approximate surface area is 124 Å². The Balaban J connectivity index is 1.90. The third-order valence-corrected chi connectivity index (χ3v) is 4.79. The topological polar surface area (TPSA) is 23.5 Å². The molecule has 0 heterocycles. The molecule has 0 aromatic heterocycles. The molecule has 0 spiro atoms. The van der Waals surface area contributed by atoms with E-state index in [2.05, 4.69) is 59.9 Å². The first kappa shape index (κ1) is 15.0. The molecule has 19 heavy (non-hydrogen) atoms. The highest BCUT2D eigenvalue weighted by molar-refractivity contribution is 9.10. The van der Waals surface area contributed by atoms with E-state index in [9.17, 15) is 5.11 Å². The molecule has 1 N–H and O–H groups in total. The number of hydrogen-bond acceptors (Lipinski definition) is 2. The van der Waals surface area contributed by atoms with Crippen molar-refractivity contribution in [2.24, 2.45) is 11.3 Å². The molecule has 1 aliphatic rings. The lowest BCUT2D eigenvalue weighted by atomic mass is 9.87. The van der Waals surface area contributed by atoms with Crippen molar-refractivity contribution < 1.29 is 5.11 Å². The summed E-state index contributed by atoms with van der Waals surface area (Å²) in [6.45, 7) is 6.25. The zero-order valence-electron chi connectivity index (χ0n) is 12.1. The Bertz CT molecular complexity index is 433. The Morgan fingerprint density at radius 1 is 1.42 bits per heavy atom. The second kappa shape index (κ2) is 5.94. The zero-order valence-corrected chi connectivity index (χ0v) is 13.7. The number of aliphatic hydroxyl groups is 1. The first-order valence-corrected chi connectivity index (χ1v) is 7.79. The summed E-state index contributed by atoms with van der Waals surface area (Å²) < 4.78 is 1.13. The second-order valence-electron chi connectivity index (χ2n) is 6.56. The smallest absolute Gasteiger partial charge is 0.0631 e. The van der Waals surface area contributed by atoms with E-state index >= 15 is 0 Å². The third kappa shape index (κ3) is 3.80. The quantitative estimate of drug-likeness (QED) is 0.912. The summed E-state index contributed by atoms with van der Waals surface area (Å²) in [5, 5.41) is 10.3. The van der Waals surface area contributed by atoms with Gasteiger partial charge in [0.1, 0.15) is 0 Å². The van der Waals surface area contributed by atoms with Crippen LogP contribution in [0.15, 0.2) is 28.7 Å². The highest BCUT2D eigenvalue weighted by Crippen LogP contribution is 2.41. The molecular weight excluding hydrogens is 302 g/mol. The number of benzene rings is 1. The summed E-state index contributed by atoms with van der Waals surface area (Å²) in [5.41, 5.74) is 1.39. The van der Waals surface area contributed by atoms with E-state index < -0.39 is 0 Å². The van der Waals surface area contributed by atoms with Crippen LogP contribution >= 0.6 is 15.9 Å². The van der Waals surface area contributed by atoms with Gasteiger partial charge in [-0.05, 0) is 48.9 Å². The normalized spacial score (nSPS) is 26.0. The summed E-state index contributed by atoms with van der Waals surface area (Å²) in [6, 6.07) is 8.43. The van der Waals surface area contributed by atoms with Crippen molar-refractivity contribution in [2.75, 3.05) is 13.6 Å². The lowest BCUT2D eigenvalue weighted by Crippen LogP contribution is -2.34. The summed E-state index contributed by atoms with van der Waals surface area (Å²) in [4.78, 5) is 2.32. The van der Waals surface area contributed by atoms with Crippen LogP contribution in [-0.2, 0) is 6.54 Å². The molecule has 0 bridgehead atoms. The monoisotopic (exact) mass is 325 g/mol. The van der Waals surface area contributed by atoms with Gasteiger partial charge in [-0.2, -0.15) is 0 Å². The van der Waals surface area contributed by atoms with Gasteiger partial charge in [-0.15, -0.1) is 0 Å². The highest BCUT2D eigenvalue weighted by atomic mass is 79.9. The Morgan fingerprint density at radius 2 is 2.16 bits per heavy atom. The van der Waals surface area contributed by atoms with Crippen molar-refractivity contribution in [1.82, 2.24) is 4.90 Å². The summed E-state index contributed by atoms with van der Waals surface area (Å²) >= 11 is 3.51. The first-order valence-electron chi connectivity index (χ1n) is 6.99. The van der Waals surface area contributed by atoms with E-state index in [0.717, 1.165) is 30.4 Å². The van der Waals surface area contributed by atoms with Crippen molar-refractivity contribution in [3.8, 4) is 0 Å². The second-order valence-corrected chi connectivity index (χ2v) is 7.47. The molecule has 0 aliphatic heterocycles. The Kier molecular flexibility index (Phi) is 4.70. The van der Waals surface area contributed by atoms with Gasteiger partial charge < -0.3 is 10.0 Å². The van der Waals surface area contributed by atoms with Crippen LogP contribution in [0.3, 0.4) is 0 Å². The molecule has 106 valence electrons. The first-order chi connectivity index (χ1) is 8.88. The van der Waals surface area contributed by atoms with Crippen molar-refractivity contribution in [2.45, 2.75) is 39.3 Å². The number of aliphatic hydroxyl groups excluding tert-OH is 1. The molecule has 0 radical (unpaired) electrons.